The van der Waals surface area contributed by atoms with Crippen LogP contribution in [-0.2, 0) is 25.5 Å². The number of carbonyl (C=O) groups excluding carboxylic acids is 2. The van der Waals surface area contributed by atoms with E-state index in [0.29, 0.717) is 38.8 Å². The van der Waals surface area contributed by atoms with Gasteiger partial charge in [-0.1, -0.05) is 37.3 Å². The van der Waals surface area contributed by atoms with E-state index in [1.54, 1.807) is 13.8 Å². The normalized spacial score (nSPS) is 18.7. The monoisotopic (exact) mass is 375 g/mol. The number of aliphatic carboxylic acids is 1. The molecule has 2 rings (SSSR count). The number of rotatable bonds is 9. The van der Waals surface area contributed by atoms with Crippen molar-refractivity contribution >= 4 is 17.8 Å². The molecule has 1 aromatic carbocycles. The molecular formula is C21H29NO5. The van der Waals surface area contributed by atoms with Crippen molar-refractivity contribution < 1.29 is 24.2 Å². The van der Waals surface area contributed by atoms with E-state index in [-0.39, 0.29) is 17.8 Å². The molecule has 1 aromatic rings. The summed E-state index contributed by atoms with van der Waals surface area (Å²) >= 11 is 0. The van der Waals surface area contributed by atoms with Gasteiger partial charge in [-0.05, 0) is 44.6 Å². The fraction of sp³-hybridized carbons (Fsp3) is 0.571. The lowest BCUT2D eigenvalue weighted by molar-refractivity contribution is -0.152. The van der Waals surface area contributed by atoms with E-state index < -0.39 is 17.9 Å². The Balaban J connectivity index is 2.01. The Labute approximate surface area is 160 Å². The number of hydrogen-bond donors (Lipinski definition) is 1. The number of nitrogens with zero attached hydrogens (tertiary/aromatic N) is 1. The Hall–Kier alpha value is -2.37. The Kier molecular flexibility index (Phi) is 7.82. The van der Waals surface area contributed by atoms with Gasteiger partial charge >= 0.3 is 11.9 Å². The zero-order valence-corrected chi connectivity index (χ0v) is 16.1. The second-order valence-electron chi connectivity index (χ2n) is 7.14. The van der Waals surface area contributed by atoms with Crippen LogP contribution in [0.1, 0.15) is 45.1 Å². The molecule has 1 N–H and O–H groups in total. The van der Waals surface area contributed by atoms with Gasteiger partial charge in [-0.2, -0.15) is 0 Å². The average molecular weight is 375 g/mol. The molecule has 1 heterocycles. The first-order valence-electron chi connectivity index (χ1n) is 9.67. The fourth-order valence-corrected chi connectivity index (χ4v) is 3.68. The molecule has 148 valence electrons. The molecule has 0 radical (unpaired) electrons. The highest BCUT2D eigenvalue weighted by Crippen LogP contribution is 2.25. The molecule has 27 heavy (non-hydrogen) atoms. The third-order valence-corrected chi connectivity index (χ3v) is 5.12. The number of amides is 1. The average Bonchev–Trinajstić information content (AvgIpc) is 3.15. The molecule has 3 atom stereocenters. The molecule has 0 aliphatic carbocycles. The van der Waals surface area contributed by atoms with Crippen LogP contribution in [-0.4, -0.2) is 47.0 Å². The topological polar surface area (TPSA) is 83.9 Å². The van der Waals surface area contributed by atoms with Crippen LogP contribution < -0.4 is 0 Å². The van der Waals surface area contributed by atoms with Crippen molar-refractivity contribution in [2.75, 3.05) is 13.2 Å². The molecule has 6 heteroatoms. The summed E-state index contributed by atoms with van der Waals surface area (Å²) in [6.07, 6.45) is 2.89. The van der Waals surface area contributed by atoms with Gasteiger partial charge in [0.05, 0.1) is 12.5 Å². The maximum absolute atomic E-state index is 12.8. The van der Waals surface area contributed by atoms with Gasteiger partial charge in [0, 0.05) is 12.5 Å². The zero-order valence-electron chi connectivity index (χ0n) is 16.1. The Morgan fingerprint density at radius 3 is 2.59 bits per heavy atom. The number of ether oxygens (including phenoxy) is 1. The summed E-state index contributed by atoms with van der Waals surface area (Å²) in [7, 11) is 0. The second-order valence-corrected chi connectivity index (χ2v) is 7.14. The predicted octanol–water partition coefficient (Wildman–Crippen LogP) is 2.90. The van der Waals surface area contributed by atoms with Gasteiger partial charge in [-0.25, -0.2) is 4.79 Å². The van der Waals surface area contributed by atoms with E-state index in [2.05, 4.69) is 0 Å². The second kappa shape index (κ2) is 10.1. The van der Waals surface area contributed by atoms with Crippen molar-refractivity contribution in [2.24, 2.45) is 11.8 Å². The minimum Gasteiger partial charge on any atom is -0.480 e. The highest BCUT2D eigenvalue weighted by molar-refractivity contribution is 5.86. The SMILES string of the molecule is CCOC(=O)C(CCc1ccccc1)CC(C)C(=O)N1CCCC1C(=O)O. The van der Waals surface area contributed by atoms with Crippen LogP contribution >= 0.6 is 0 Å². The molecule has 1 amide bonds. The van der Waals surface area contributed by atoms with Gasteiger partial charge in [-0.15, -0.1) is 0 Å². The summed E-state index contributed by atoms with van der Waals surface area (Å²) in [6.45, 7) is 4.31. The molecule has 1 fully saturated rings. The van der Waals surface area contributed by atoms with Crippen molar-refractivity contribution in [3.8, 4) is 0 Å². The van der Waals surface area contributed by atoms with Gasteiger partial charge in [0.2, 0.25) is 5.91 Å². The maximum Gasteiger partial charge on any atom is 0.326 e. The quantitative estimate of drug-likeness (QED) is 0.671. The number of benzene rings is 1. The maximum atomic E-state index is 12.8. The van der Waals surface area contributed by atoms with Crippen LogP contribution in [0.2, 0.25) is 0 Å². The largest absolute Gasteiger partial charge is 0.480 e. The number of hydrogen-bond acceptors (Lipinski definition) is 4. The van der Waals surface area contributed by atoms with Gasteiger partial charge in [-0.3, -0.25) is 9.59 Å². The number of carbonyl (C=O) groups is 3. The molecule has 3 unspecified atom stereocenters. The fourth-order valence-electron chi connectivity index (χ4n) is 3.68. The molecule has 1 aliphatic heterocycles. The third kappa shape index (κ3) is 5.81. The van der Waals surface area contributed by atoms with Crippen molar-refractivity contribution in [2.45, 2.75) is 52.0 Å². The van der Waals surface area contributed by atoms with Crippen LogP contribution in [0.5, 0.6) is 0 Å². The summed E-state index contributed by atoms with van der Waals surface area (Å²) in [5, 5.41) is 9.30. The van der Waals surface area contributed by atoms with E-state index in [1.165, 1.54) is 4.90 Å². The molecule has 0 saturated carbocycles. The predicted molar refractivity (Wildman–Crippen MR) is 101 cm³/mol. The number of esters is 1. The van der Waals surface area contributed by atoms with E-state index in [0.717, 1.165) is 12.0 Å². The van der Waals surface area contributed by atoms with E-state index >= 15 is 0 Å². The van der Waals surface area contributed by atoms with Crippen LogP contribution in [0.15, 0.2) is 30.3 Å². The number of carboxylic acid groups (broad SMARTS) is 1. The molecular weight excluding hydrogens is 346 g/mol. The van der Waals surface area contributed by atoms with Crippen LogP contribution in [0, 0.1) is 11.8 Å². The number of carboxylic acids is 1. The Bertz CT molecular complexity index is 645. The summed E-state index contributed by atoms with van der Waals surface area (Å²) in [6, 6.07) is 9.14. The smallest absolute Gasteiger partial charge is 0.326 e. The van der Waals surface area contributed by atoms with Gasteiger partial charge in [0.15, 0.2) is 0 Å². The van der Waals surface area contributed by atoms with Crippen molar-refractivity contribution in [3.63, 3.8) is 0 Å². The molecule has 1 saturated heterocycles. The zero-order chi connectivity index (χ0) is 19.8. The van der Waals surface area contributed by atoms with Gasteiger partial charge < -0.3 is 14.7 Å². The van der Waals surface area contributed by atoms with E-state index in [9.17, 15) is 19.5 Å². The van der Waals surface area contributed by atoms with Crippen LogP contribution in [0.4, 0.5) is 0 Å². The van der Waals surface area contributed by atoms with Crippen LogP contribution in [0.3, 0.4) is 0 Å². The molecule has 0 bridgehead atoms. The first-order chi connectivity index (χ1) is 12.9. The Morgan fingerprint density at radius 2 is 1.96 bits per heavy atom. The highest BCUT2D eigenvalue weighted by atomic mass is 16.5. The lowest BCUT2D eigenvalue weighted by atomic mass is 9.89. The van der Waals surface area contributed by atoms with Crippen molar-refractivity contribution in [1.82, 2.24) is 4.90 Å². The standard InChI is InChI=1S/C21H29NO5/c1-3-27-21(26)17(12-11-16-8-5-4-6-9-16)14-15(2)19(23)22-13-7-10-18(22)20(24)25/h4-6,8-9,15,17-18H,3,7,10-14H2,1-2H3,(H,24,25). The summed E-state index contributed by atoms with van der Waals surface area (Å²) in [5.74, 6) is -2.23. The molecule has 0 spiro atoms. The van der Waals surface area contributed by atoms with Crippen LogP contribution in [0.25, 0.3) is 0 Å². The van der Waals surface area contributed by atoms with Crippen molar-refractivity contribution in [3.05, 3.63) is 35.9 Å². The summed E-state index contributed by atoms with van der Waals surface area (Å²) in [4.78, 5) is 37.9. The van der Waals surface area contributed by atoms with E-state index in [1.807, 2.05) is 30.3 Å². The third-order valence-electron chi connectivity index (χ3n) is 5.12. The molecule has 1 aliphatic rings. The number of aryl methyl sites for hydroxylation is 1. The molecule has 6 nitrogen and oxygen atoms in total. The Morgan fingerprint density at radius 1 is 1.26 bits per heavy atom. The minimum absolute atomic E-state index is 0.186. The number of likely N-dealkylation sites (tertiary alicyclic amines) is 1. The molecule has 0 aromatic heterocycles. The minimum atomic E-state index is -0.959. The van der Waals surface area contributed by atoms with Gasteiger partial charge in [0.1, 0.15) is 6.04 Å². The van der Waals surface area contributed by atoms with E-state index in [4.69, 9.17) is 4.74 Å². The lowest BCUT2D eigenvalue weighted by Crippen LogP contribution is -2.43. The summed E-state index contributed by atoms with van der Waals surface area (Å²) in [5.41, 5.74) is 1.14. The highest BCUT2D eigenvalue weighted by Gasteiger charge is 2.37. The first kappa shape index (κ1) is 20.9. The first-order valence-corrected chi connectivity index (χ1v) is 9.67. The lowest BCUT2D eigenvalue weighted by Gasteiger charge is -2.26. The summed E-state index contributed by atoms with van der Waals surface area (Å²) < 4.78 is 5.20. The van der Waals surface area contributed by atoms with Gasteiger partial charge in [0.25, 0.3) is 0 Å². The van der Waals surface area contributed by atoms with Crippen molar-refractivity contribution in [1.29, 1.82) is 0 Å².